The first kappa shape index (κ1) is 25.9. The van der Waals surface area contributed by atoms with Gasteiger partial charge in [-0.1, -0.05) is 121 Å². The fourth-order valence-electron chi connectivity index (χ4n) is 7.00. The molecule has 0 aliphatic carbocycles. The molecule has 0 saturated heterocycles. The monoisotopic (exact) mass is 620 g/mol. The topological polar surface area (TPSA) is 25.8 Å². The van der Waals surface area contributed by atoms with Gasteiger partial charge in [0.05, 0.1) is 11.9 Å². The van der Waals surface area contributed by atoms with Crippen LogP contribution in [0.4, 0.5) is 0 Å². The highest BCUT2D eigenvalue weighted by molar-refractivity contribution is 7.26. The summed E-state index contributed by atoms with van der Waals surface area (Å²) in [5.74, 6) is 0. The molecule has 0 atom stereocenters. The molecular formula is C42H24N2S2. The summed E-state index contributed by atoms with van der Waals surface area (Å²) in [6.45, 7) is 0. The average molecular weight is 621 g/mol. The molecule has 3 aromatic heterocycles. The van der Waals surface area contributed by atoms with E-state index in [9.17, 15) is 0 Å². The number of fused-ring (bicyclic) bond motifs is 11. The number of benzene rings is 7. The first-order chi connectivity index (χ1) is 22.8. The minimum absolute atomic E-state index is 0.890. The highest BCUT2D eigenvalue weighted by Gasteiger charge is 2.17. The second-order valence-electron chi connectivity index (χ2n) is 11.7. The van der Waals surface area contributed by atoms with Crippen LogP contribution >= 0.6 is 22.7 Å². The van der Waals surface area contributed by atoms with E-state index in [1.165, 1.54) is 68.5 Å². The van der Waals surface area contributed by atoms with Crippen LogP contribution in [0.2, 0.25) is 0 Å². The third-order valence-electron chi connectivity index (χ3n) is 9.13. The van der Waals surface area contributed by atoms with Gasteiger partial charge in [0, 0.05) is 41.2 Å². The van der Waals surface area contributed by atoms with Crippen molar-refractivity contribution in [3.63, 3.8) is 0 Å². The fraction of sp³-hybridized carbons (Fsp3) is 0. The Morgan fingerprint density at radius 2 is 1.02 bits per heavy atom. The molecule has 0 radical (unpaired) electrons. The Morgan fingerprint density at radius 1 is 0.435 bits per heavy atom. The summed E-state index contributed by atoms with van der Waals surface area (Å²) in [4.78, 5) is 11.2. The molecule has 0 saturated carbocycles. The van der Waals surface area contributed by atoms with E-state index in [4.69, 9.17) is 9.97 Å². The number of hydrogen-bond donors (Lipinski definition) is 0. The Balaban J connectivity index is 1.09. The quantitative estimate of drug-likeness (QED) is 0.184. The van der Waals surface area contributed by atoms with E-state index in [0.717, 1.165) is 27.2 Å². The molecule has 0 bridgehead atoms. The molecule has 10 rings (SSSR count). The summed E-state index contributed by atoms with van der Waals surface area (Å²) in [7, 11) is 0. The lowest BCUT2D eigenvalue weighted by Gasteiger charge is -2.09. The molecule has 10 aromatic rings. The molecule has 0 unspecified atom stereocenters. The summed E-state index contributed by atoms with van der Waals surface area (Å²) in [5, 5.41) is 8.87. The van der Waals surface area contributed by atoms with Crippen molar-refractivity contribution < 1.29 is 0 Å². The first-order valence-electron chi connectivity index (χ1n) is 15.4. The Hall–Kier alpha value is -5.42. The van der Waals surface area contributed by atoms with Crippen LogP contribution in [0.5, 0.6) is 0 Å². The minimum Gasteiger partial charge on any atom is -0.251 e. The smallest absolute Gasteiger partial charge is 0.143 e. The van der Waals surface area contributed by atoms with E-state index >= 15 is 0 Å². The number of rotatable bonds is 3. The van der Waals surface area contributed by atoms with Gasteiger partial charge in [-0.2, -0.15) is 0 Å². The Bertz CT molecular complexity index is 2820. The van der Waals surface area contributed by atoms with Crippen LogP contribution in [-0.2, 0) is 0 Å². The van der Waals surface area contributed by atoms with Crippen molar-refractivity contribution in [1.29, 1.82) is 0 Å². The summed E-state index contributed by atoms with van der Waals surface area (Å²) in [6.07, 6.45) is 1.94. The molecule has 0 aliphatic heterocycles. The van der Waals surface area contributed by atoms with Crippen LogP contribution in [0.3, 0.4) is 0 Å². The molecule has 0 amide bonds. The summed E-state index contributed by atoms with van der Waals surface area (Å²) in [6, 6.07) is 50.3. The number of aromatic nitrogens is 2. The average Bonchev–Trinajstić information content (AvgIpc) is 3.71. The van der Waals surface area contributed by atoms with E-state index in [-0.39, 0.29) is 0 Å². The van der Waals surface area contributed by atoms with Crippen LogP contribution in [0.25, 0.3) is 95.7 Å². The van der Waals surface area contributed by atoms with Gasteiger partial charge in [-0.25, -0.2) is 4.98 Å². The van der Waals surface area contributed by atoms with Gasteiger partial charge in [-0.15, -0.1) is 22.7 Å². The lowest BCUT2D eigenvalue weighted by molar-refractivity contribution is 1.32. The summed E-state index contributed by atoms with van der Waals surface area (Å²) in [5.41, 5.74) is 7.79. The Morgan fingerprint density at radius 3 is 1.85 bits per heavy atom. The minimum atomic E-state index is 0.890. The predicted octanol–water partition coefficient (Wildman–Crippen LogP) is 12.5. The van der Waals surface area contributed by atoms with Crippen LogP contribution in [0.15, 0.2) is 146 Å². The summed E-state index contributed by atoms with van der Waals surface area (Å²) >= 11 is 3.62. The standard InChI is InChI=1S/C42H24N2S2/c1-3-17-33-30(14-1)31-15-2-4-18-34(31)41-38(33)39-42(46-41)44-36(24-43-39)28-13-8-11-26(23-28)25-10-7-12-27(22-25)29-19-9-20-35-32-16-5-6-21-37(32)45-40(29)35/h1-24H. The van der Waals surface area contributed by atoms with Crippen molar-refractivity contribution in [3.05, 3.63) is 146 Å². The Kier molecular flexibility index (Phi) is 5.65. The lowest BCUT2D eigenvalue weighted by atomic mass is 9.96. The molecule has 3 heterocycles. The Labute approximate surface area is 272 Å². The van der Waals surface area contributed by atoms with E-state index < -0.39 is 0 Å². The normalized spacial score (nSPS) is 11.9. The number of nitrogens with zero attached hydrogens (tertiary/aromatic N) is 2. The largest absolute Gasteiger partial charge is 0.251 e. The zero-order chi connectivity index (χ0) is 30.2. The highest BCUT2D eigenvalue weighted by Crippen LogP contribution is 2.44. The third-order valence-corrected chi connectivity index (χ3v) is 11.5. The lowest BCUT2D eigenvalue weighted by Crippen LogP contribution is -1.88. The van der Waals surface area contributed by atoms with Crippen LogP contribution < -0.4 is 0 Å². The molecular weight excluding hydrogens is 597 g/mol. The first-order valence-corrected chi connectivity index (χ1v) is 17.0. The van der Waals surface area contributed by atoms with Gasteiger partial charge in [-0.3, -0.25) is 4.98 Å². The zero-order valence-electron chi connectivity index (χ0n) is 24.6. The van der Waals surface area contributed by atoms with Gasteiger partial charge in [-0.05, 0) is 56.6 Å². The van der Waals surface area contributed by atoms with Gasteiger partial charge in [0.15, 0.2) is 0 Å². The van der Waals surface area contributed by atoms with Crippen molar-refractivity contribution >= 4 is 84.8 Å². The van der Waals surface area contributed by atoms with Crippen molar-refractivity contribution in [2.45, 2.75) is 0 Å². The third kappa shape index (κ3) is 3.87. The molecule has 46 heavy (non-hydrogen) atoms. The van der Waals surface area contributed by atoms with Crippen LogP contribution in [0, 0.1) is 0 Å². The predicted molar refractivity (Wildman–Crippen MR) is 199 cm³/mol. The highest BCUT2D eigenvalue weighted by atomic mass is 32.1. The van der Waals surface area contributed by atoms with Crippen molar-refractivity contribution in [3.8, 4) is 33.5 Å². The second kappa shape index (κ2) is 10.0. The van der Waals surface area contributed by atoms with Crippen molar-refractivity contribution in [1.82, 2.24) is 9.97 Å². The van der Waals surface area contributed by atoms with Gasteiger partial charge >= 0.3 is 0 Å². The second-order valence-corrected chi connectivity index (χ2v) is 13.8. The van der Waals surface area contributed by atoms with Gasteiger partial charge in [0.2, 0.25) is 0 Å². The van der Waals surface area contributed by atoms with E-state index in [0.29, 0.717) is 0 Å². The molecule has 0 N–H and O–H groups in total. The van der Waals surface area contributed by atoms with E-state index in [1.54, 1.807) is 11.3 Å². The van der Waals surface area contributed by atoms with E-state index in [2.05, 4.69) is 140 Å². The van der Waals surface area contributed by atoms with Crippen molar-refractivity contribution in [2.24, 2.45) is 0 Å². The number of thiophene rings is 2. The van der Waals surface area contributed by atoms with E-state index in [1.807, 2.05) is 17.5 Å². The molecule has 0 aliphatic rings. The summed E-state index contributed by atoms with van der Waals surface area (Å²) < 4.78 is 3.91. The van der Waals surface area contributed by atoms with Gasteiger partial charge < -0.3 is 0 Å². The molecule has 2 nitrogen and oxygen atoms in total. The maximum Gasteiger partial charge on any atom is 0.143 e. The van der Waals surface area contributed by atoms with Crippen LogP contribution in [0.1, 0.15) is 0 Å². The molecule has 0 fully saturated rings. The maximum atomic E-state index is 5.21. The number of hydrogen-bond acceptors (Lipinski definition) is 4. The van der Waals surface area contributed by atoms with Crippen molar-refractivity contribution in [2.75, 3.05) is 0 Å². The molecule has 214 valence electrons. The SMILES string of the molecule is c1cc(-c2cccc(-c3cccc4c3sc3ccccc34)c2)cc(-c2cnc3c(n2)sc2c4ccccc4c4ccccc4c32)c1. The maximum absolute atomic E-state index is 5.21. The fourth-order valence-corrected chi connectivity index (χ4v) is 9.42. The molecule has 7 aromatic carbocycles. The zero-order valence-corrected chi connectivity index (χ0v) is 26.2. The van der Waals surface area contributed by atoms with Gasteiger partial charge in [0.1, 0.15) is 10.3 Å². The van der Waals surface area contributed by atoms with Crippen LogP contribution in [-0.4, -0.2) is 9.97 Å². The molecule has 4 heteroatoms. The van der Waals surface area contributed by atoms with Gasteiger partial charge in [0.25, 0.3) is 0 Å². The molecule has 0 spiro atoms.